The quantitative estimate of drug-likeness (QED) is 0.831. The van der Waals surface area contributed by atoms with E-state index in [0.29, 0.717) is 30.7 Å². The maximum absolute atomic E-state index is 13.0. The van der Waals surface area contributed by atoms with Crippen LogP contribution in [0.4, 0.5) is 0 Å². The van der Waals surface area contributed by atoms with Crippen molar-refractivity contribution in [2.24, 2.45) is 0 Å². The molecule has 0 saturated carbocycles. The van der Waals surface area contributed by atoms with E-state index in [2.05, 4.69) is 5.32 Å². The summed E-state index contributed by atoms with van der Waals surface area (Å²) in [6.45, 7) is 2.85. The molecular formula is C17H23N3O5. The van der Waals surface area contributed by atoms with Gasteiger partial charge in [-0.15, -0.1) is 0 Å². The van der Waals surface area contributed by atoms with Crippen LogP contribution in [0.2, 0.25) is 0 Å². The van der Waals surface area contributed by atoms with Gasteiger partial charge in [0, 0.05) is 25.6 Å². The minimum atomic E-state index is -1.09. The van der Waals surface area contributed by atoms with Gasteiger partial charge < -0.3 is 19.9 Å². The topological polar surface area (TPSA) is 94.7 Å². The number of carbonyl (C=O) groups is 1. The Morgan fingerprint density at radius 3 is 2.68 bits per heavy atom. The Hall–Kier alpha value is -2.32. The van der Waals surface area contributed by atoms with Gasteiger partial charge in [-0.05, 0) is 25.5 Å². The lowest BCUT2D eigenvalue weighted by Gasteiger charge is -2.30. The Bertz CT molecular complexity index is 854. The molecule has 8 nitrogen and oxygen atoms in total. The summed E-state index contributed by atoms with van der Waals surface area (Å²) in [5.41, 5.74) is 1.39. The molecule has 2 atom stereocenters. The van der Waals surface area contributed by atoms with E-state index in [1.54, 1.807) is 25.0 Å². The third-order valence-electron chi connectivity index (χ3n) is 4.63. The van der Waals surface area contributed by atoms with Crippen molar-refractivity contribution in [3.05, 3.63) is 28.0 Å². The Kier molecular flexibility index (Phi) is 4.82. The van der Waals surface area contributed by atoms with Crippen LogP contribution in [-0.2, 0) is 22.7 Å². The molecule has 2 aromatic rings. The minimum Gasteiger partial charge on any atom is -0.496 e. The van der Waals surface area contributed by atoms with Crippen molar-refractivity contribution >= 4 is 16.8 Å². The summed E-state index contributed by atoms with van der Waals surface area (Å²) >= 11 is 0. The zero-order valence-electron chi connectivity index (χ0n) is 14.6. The molecule has 1 aliphatic rings. The highest BCUT2D eigenvalue weighted by molar-refractivity contribution is 5.82. The number of aliphatic hydroxyl groups is 1. The van der Waals surface area contributed by atoms with E-state index in [9.17, 15) is 14.7 Å². The highest BCUT2D eigenvalue weighted by Gasteiger charge is 2.32. The standard InChI is InChI=1S/C17H23N3O5/c1-4-19-13-7-10(9-24-2)14(25-3)8-11(13)17(23)20(19)12-5-6-15(21)18-16(12)22/h7-8,12,16,22H,4-6,9H2,1-3H3,(H,18,21). The van der Waals surface area contributed by atoms with Crippen LogP contribution in [0.3, 0.4) is 0 Å². The fraction of sp³-hybridized carbons (Fsp3) is 0.529. The van der Waals surface area contributed by atoms with E-state index >= 15 is 0 Å². The number of benzene rings is 1. The maximum Gasteiger partial charge on any atom is 0.275 e. The van der Waals surface area contributed by atoms with Crippen molar-refractivity contribution in [3.63, 3.8) is 0 Å². The Morgan fingerprint density at radius 2 is 2.08 bits per heavy atom. The lowest BCUT2D eigenvalue weighted by molar-refractivity contribution is -0.128. The minimum absolute atomic E-state index is 0.208. The normalized spacial score (nSPS) is 20.7. The monoisotopic (exact) mass is 349 g/mol. The van der Waals surface area contributed by atoms with E-state index in [0.717, 1.165) is 11.1 Å². The van der Waals surface area contributed by atoms with Crippen LogP contribution in [0, 0.1) is 0 Å². The summed E-state index contributed by atoms with van der Waals surface area (Å²) in [6.07, 6.45) is -0.406. The first-order valence-electron chi connectivity index (χ1n) is 8.30. The van der Waals surface area contributed by atoms with Crippen molar-refractivity contribution < 1.29 is 19.4 Å². The molecule has 1 fully saturated rings. The number of aryl methyl sites for hydroxylation is 1. The molecule has 2 N–H and O–H groups in total. The molecule has 1 aliphatic heterocycles. The Labute approximate surface area is 144 Å². The Balaban J connectivity index is 2.21. The van der Waals surface area contributed by atoms with Gasteiger partial charge in [-0.1, -0.05) is 0 Å². The number of piperidine rings is 1. The second-order valence-corrected chi connectivity index (χ2v) is 6.10. The highest BCUT2D eigenvalue weighted by atomic mass is 16.5. The first-order valence-corrected chi connectivity index (χ1v) is 8.30. The summed E-state index contributed by atoms with van der Waals surface area (Å²) < 4.78 is 14.0. The molecule has 1 saturated heterocycles. The largest absolute Gasteiger partial charge is 0.496 e. The van der Waals surface area contributed by atoms with Gasteiger partial charge in [-0.2, -0.15) is 0 Å². The summed E-state index contributed by atoms with van der Waals surface area (Å²) in [4.78, 5) is 24.5. The van der Waals surface area contributed by atoms with Crippen molar-refractivity contribution in [2.75, 3.05) is 14.2 Å². The van der Waals surface area contributed by atoms with E-state index in [4.69, 9.17) is 9.47 Å². The molecule has 3 rings (SSSR count). The lowest BCUT2D eigenvalue weighted by atomic mass is 10.1. The number of rotatable bonds is 5. The van der Waals surface area contributed by atoms with Gasteiger partial charge in [0.2, 0.25) is 5.91 Å². The molecule has 1 aromatic heterocycles. The molecule has 8 heteroatoms. The number of nitrogens with zero attached hydrogens (tertiary/aromatic N) is 2. The summed E-state index contributed by atoms with van der Waals surface area (Å²) in [5.74, 6) is 0.379. The number of aliphatic hydroxyl groups excluding tert-OH is 1. The van der Waals surface area contributed by atoms with Gasteiger partial charge in [0.1, 0.15) is 12.0 Å². The molecule has 2 heterocycles. The second-order valence-electron chi connectivity index (χ2n) is 6.10. The van der Waals surface area contributed by atoms with Gasteiger partial charge in [0.15, 0.2) is 0 Å². The van der Waals surface area contributed by atoms with Crippen LogP contribution in [0.25, 0.3) is 10.9 Å². The van der Waals surface area contributed by atoms with Gasteiger partial charge in [-0.3, -0.25) is 14.3 Å². The molecular weight excluding hydrogens is 326 g/mol. The van der Waals surface area contributed by atoms with Crippen molar-refractivity contribution in [1.82, 2.24) is 14.7 Å². The van der Waals surface area contributed by atoms with Crippen LogP contribution in [0.1, 0.15) is 31.4 Å². The van der Waals surface area contributed by atoms with E-state index in [-0.39, 0.29) is 17.9 Å². The molecule has 0 bridgehead atoms. The smallest absolute Gasteiger partial charge is 0.275 e. The second kappa shape index (κ2) is 6.89. The molecule has 0 spiro atoms. The van der Waals surface area contributed by atoms with E-state index < -0.39 is 12.3 Å². The first kappa shape index (κ1) is 17.5. The van der Waals surface area contributed by atoms with Gasteiger partial charge >= 0.3 is 0 Å². The van der Waals surface area contributed by atoms with Crippen LogP contribution in [0.5, 0.6) is 5.75 Å². The molecule has 0 aliphatic carbocycles. The molecule has 0 radical (unpaired) electrons. The number of ether oxygens (including phenoxy) is 2. The number of carbonyl (C=O) groups excluding carboxylic acids is 1. The fourth-order valence-electron chi connectivity index (χ4n) is 3.48. The van der Waals surface area contributed by atoms with Gasteiger partial charge in [0.05, 0.1) is 30.7 Å². The van der Waals surface area contributed by atoms with Crippen molar-refractivity contribution in [1.29, 1.82) is 0 Å². The molecule has 1 amide bonds. The maximum atomic E-state index is 13.0. The molecule has 2 unspecified atom stereocenters. The first-order chi connectivity index (χ1) is 12.0. The third kappa shape index (κ3) is 2.91. The number of fused-ring (bicyclic) bond motifs is 1. The zero-order chi connectivity index (χ0) is 18.1. The highest BCUT2D eigenvalue weighted by Crippen LogP contribution is 2.28. The summed E-state index contributed by atoms with van der Waals surface area (Å²) in [7, 11) is 3.15. The van der Waals surface area contributed by atoms with Crippen LogP contribution >= 0.6 is 0 Å². The SMILES string of the molecule is CCn1c2cc(COC)c(OC)cc2c(=O)n1C1CCC(=O)NC1O. The van der Waals surface area contributed by atoms with E-state index in [1.165, 1.54) is 0 Å². The number of hydrogen-bond acceptors (Lipinski definition) is 5. The predicted molar refractivity (Wildman–Crippen MR) is 91.6 cm³/mol. The van der Waals surface area contributed by atoms with Crippen LogP contribution < -0.4 is 15.6 Å². The molecule has 136 valence electrons. The number of nitrogens with one attached hydrogen (secondary N) is 1. The number of methoxy groups -OCH3 is 2. The summed E-state index contributed by atoms with van der Waals surface area (Å²) in [5, 5.41) is 13.3. The third-order valence-corrected chi connectivity index (χ3v) is 4.63. The number of aromatic nitrogens is 2. The number of hydrogen-bond donors (Lipinski definition) is 2. The molecule has 1 aromatic carbocycles. The summed E-state index contributed by atoms with van der Waals surface area (Å²) in [6, 6.07) is 3.09. The van der Waals surface area contributed by atoms with Crippen molar-refractivity contribution in [2.45, 2.75) is 45.2 Å². The van der Waals surface area contributed by atoms with Gasteiger partial charge in [0.25, 0.3) is 5.56 Å². The average molecular weight is 349 g/mol. The molecule has 25 heavy (non-hydrogen) atoms. The van der Waals surface area contributed by atoms with E-state index in [1.807, 2.05) is 17.7 Å². The fourth-order valence-corrected chi connectivity index (χ4v) is 3.48. The van der Waals surface area contributed by atoms with Crippen LogP contribution in [0.15, 0.2) is 16.9 Å². The van der Waals surface area contributed by atoms with Crippen molar-refractivity contribution in [3.8, 4) is 5.75 Å². The van der Waals surface area contributed by atoms with Crippen LogP contribution in [-0.4, -0.2) is 40.8 Å². The Morgan fingerprint density at radius 1 is 1.32 bits per heavy atom. The number of amides is 1. The predicted octanol–water partition coefficient (Wildman–Crippen LogP) is 0.747. The van der Waals surface area contributed by atoms with Gasteiger partial charge in [-0.25, -0.2) is 4.68 Å². The lowest BCUT2D eigenvalue weighted by Crippen LogP contribution is -2.48. The average Bonchev–Trinajstić information content (AvgIpc) is 2.86. The zero-order valence-corrected chi connectivity index (χ0v) is 14.6.